The molecule has 100 valence electrons. The fourth-order valence-corrected chi connectivity index (χ4v) is 2.18. The zero-order valence-corrected chi connectivity index (χ0v) is 12.4. The van der Waals surface area contributed by atoms with E-state index in [1.807, 2.05) is 13.8 Å². The number of hydrogen-bond acceptors (Lipinski definition) is 2. The molecule has 0 heterocycles. The van der Waals surface area contributed by atoms with Crippen molar-refractivity contribution in [2.75, 3.05) is 0 Å². The predicted octanol–water partition coefficient (Wildman–Crippen LogP) is 4.32. The Morgan fingerprint density at radius 2 is 1.59 bits per heavy atom. The van der Waals surface area contributed by atoms with Crippen LogP contribution in [0.15, 0.2) is 0 Å². The van der Waals surface area contributed by atoms with Gasteiger partial charge < -0.3 is 4.74 Å². The lowest BCUT2D eigenvalue weighted by Gasteiger charge is -2.39. The van der Waals surface area contributed by atoms with E-state index in [9.17, 15) is 4.79 Å². The normalized spacial score (nSPS) is 20.4. The fourth-order valence-electron chi connectivity index (χ4n) is 2.18. The fraction of sp³-hybridized carbons (Fsp3) is 0.933. The van der Waals surface area contributed by atoms with Gasteiger partial charge in [0.25, 0.3) is 0 Å². The minimum absolute atomic E-state index is 0.0336. The molecule has 0 aromatic rings. The largest absolute Gasteiger partial charge is 0.459 e. The molecule has 0 spiro atoms. The first-order chi connectivity index (χ1) is 7.65. The van der Waals surface area contributed by atoms with Gasteiger partial charge in [-0.1, -0.05) is 27.7 Å². The van der Waals surface area contributed by atoms with Crippen molar-refractivity contribution in [3.05, 3.63) is 0 Å². The first kappa shape index (κ1) is 14.5. The molecule has 0 amide bonds. The van der Waals surface area contributed by atoms with Gasteiger partial charge in [-0.2, -0.15) is 0 Å². The molecule has 0 bridgehead atoms. The van der Waals surface area contributed by atoms with Crippen LogP contribution >= 0.6 is 0 Å². The summed E-state index contributed by atoms with van der Waals surface area (Å²) in [5, 5.41) is 0. The summed E-state index contributed by atoms with van der Waals surface area (Å²) in [7, 11) is 0. The Bertz CT molecular complexity index is 278. The predicted molar refractivity (Wildman–Crippen MR) is 70.8 cm³/mol. The van der Waals surface area contributed by atoms with Crippen LogP contribution in [0.25, 0.3) is 0 Å². The smallest absolute Gasteiger partial charge is 0.312 e. The third-order valence-electron chi connectivity index (χ3n) is 4.85. The highest BCUT2D eigenvalue weighted by atomic mass is 16.6. The molecule has 0 N–H and O–H groups in total. The summed E-state index contributed by atoms with van der Waals surface area (Å²) in [5.41, 5.74) is -0.672. The van der Waals surface area contributed by atoms with Gasteiger partial charge in [-0.05, 0) is 51.4 Å². The molecule has 1 saturated carbocycles. The number of esters is 1. The van der Waals surface area contributed by atoms with E-state index in [4.69, 9.17) is 4.74 Å². The maximum Gasteiger partial charge on any atom is 0.312 e. The van der Waals surface area contributed by atoms with Gasteiger partial charge in [0.05, 0.1) is 5.41 Å². The Morgan fingerprint density at radius 1 is 1.12 bits per heavy atom. The van der Waals surface area contributed by atoms with Crippen LogP contribution in [0.1, 0.15) is 73.6 Å². The molecule has 0 atom stereocenters. The number of carbonyl (C=O) groups is 1. The third-order valence-corrected chi connectivity index (χ3v) is 4.85. The van der Waals surface area contributed by atoms with Crippen LogP contribution in [0.4, 0.5) is 0 Å². The van der Waals surface area contributed by atoms with E-state index in [2.05, 4.69) is 27.7 Å². The van der Waals surface area contributed by atoms with Gasteiger partial charge in [-0.15, -0.1) is 0 Å². The van der Waals surface area contributed by atoms with Crippen molar-refractivity contribution >= 4 is 5.97 Å². The van der Waals surface area contributed by atoms with Crippen LogP contribution in [0.5, 0.6) is 0 Å². The molecule has 1 fully saturated rings. The summed E-state index contributed by atoms with van der Waals surface area (Å²) in [4.78, 5) is 12.4. The molecule has 0 aromatic heterocycles. The number of carbonyl (C=O) groups excluding carboxylic acids is 1. The Kier molecular flexibility index (Phi) is 3.95. The van der Waals surface area contributed by atoms with Crippen molar-refractivity contribution in [2.24, 2.45) is 10.8 Å². The monoisotopic (exact) mass is 240 g/mol. The average Bonchev–Trinajstić information content (AvgIpc) is 2.65. The van der Waals surface area contributed by atoms with E-state index in [0.717, 1.165) is 19.3 Å². The highest BCUT2D eigenvalue weighted by Crippen LogP contribution is 2.43. The van der Waals surface area contributed by atoms with Crippen molar-refractivity contribution in [3.63, 3.8) is 0 Å². The molecule has 1 aliphatic carbocycles. The molecular formula is C15H28O2. The van der Waals surface area contributed by atoms with Crippen LogP contribution < -0.4 is 0 Å². The van der Waals surface area contributed by atoms with Crippen LogP contribution in [-0.4, -0.2) is 11.6 Å². The molecule has 0 aromatic carbocycles. The Morgan fingerprint density at radius 3 is 1.94 bits per heavy atom. The van der Waals surface area contributed by atoms with Gasteiger partial charge in [0.15, 0.2) is 0 Å². The van der Waals surface area contributed by atoms with Crippen molar-refractivity contribution < 1.29 is 9.53 Å². The van der Waals surface area contributed by atoms with Crippen molar-refractivity contribution in [3.8, 4) is 0 Å². The van der Waals surface area contributed by atoms with Crippen molar-refractivity contribution in [1.82, 2.24) is 0 Å². The Balaban J connectivity index is 2.78. The minimum atomic E-state index is -0.433. The number of ether oxygens (including phenoxy) is 1. The van der Waals surface area contributed by atoms with E-state index in [-0.39, 0.29) is 17.0 Å². The second kappa shape index (κ2) is 4.62. The molecule has 1 rings (SSSR count). The SMILES string of the molecule is CCC1(OC(=O)C(C)(C)C(C)(C)C)CCCC1. The minimum Gasteiger partial charge on any atom is -0.459 e. The molecule has 0 saturated heterocycles. The average molecular weight is 240 g/mol. The molecule has 0 aliphatic heterocycles. The lowest BCUT2D eigenvalue weighted by atomic mass is 9.69. The second-order valence-corrected chi connectivity index (χ2v) is 7.01. The van der Waals surface area contributed by atoms with Crippen LogP contribution in [0, 0.1) is 10.8 Å². The molecule has 2 heteroatoms. The summed E-state index contributed by atoms with van der Waals surface area (Å²) < 4.78 is 5.90. The number of hydrogen-bond donors (Lipinski definition) is 0. The molecular weight excluding hydrogens is 212 g/mol. The zero-order chi connectivity index (χ0) is 13.3. The lowest BCUT2D eigenvalue weighted by molar-refractivity contribution is -0.176. The van der Waals surface area contributed by atoms with Crippen molar-refractivity contribution in [1.29, 1.82) is 0 Å². The molecule has 1 aliphatic rings. The summed E-state index contributed by atoms with van der Waals surface area (Å²) in [6.45, 7) is 12.4. The molecule has 0 radical (unpaired) electrons. The van der Waals surface area contributed by atoms with E-state index in [0.29, 0.717) is 0 Å². The maximum absolute atomic E-state index is 12.4. The first-order valence-corrected chi connectivity index (χ1v) is 6.88. The summed E-state index contributed by atoms with van der Waals surface area (Å²) in [6, 6.07) is 0. The third kappa shape index (κ3) is 2.83. The van der Waals surface area contributed by atoms with Gasteiger partial charge in [0, 0.05) is 0 Å². The first-order valence-electron chi connectivity index (χ1n) is 6.88. The molecule has 0 unspecified atom stereocenters. The van der Waals surface area contributed by atoms with Gasteiger partial charge in [-0.25, -0.2) is 0 Å². The van der Waals surface area contributed by atoms with Gasteiger partial charge in [0.1, 0.15) is 5.60 Å². The van der Waals surface area contributed by atoms with Crippen LogP contribution in [0.3, 0.4) is 0 Å². The van der Waals surface area contributed by atoms with Crippen LogP contribution in [0.2, 0.25) is 0 Å². The van der Waals surface area contributed by atoms with E-state index < -0.39 is 5.41 Å². The standard InChI is InChI=1S/C15H28O2/c1-7-15(10-8-9-11-15)17-12(16)14(5,6)13(2,3)4/h7-11H2,1-6H3. The zero-order valence-electron chi connectivity index (χ0n) is 12.4. The number of rotatable bonds is 3. The Hall–Kier alpha value is -0.530. The van der Waals surface area contributed by atoms with Gasteiger partial charge in [-0.3, -0.25) is 4.79 Å². The van der Waals surface area contributed by atoms with Gasteiger partial charge in [0.2, 0.25) is 0 Å². The summed E-state index contributed by atoms with van der Waals surface area (Å²) in [5.74, 6) is -0.0336. The van der Waals surface area contributed by atoms with E-state index in [1.165, 1.54) is 12.8 Å². The quantitative estimate of drug-likeness (QED) is 0.686. The highest BCUT2D eigenvalue weighted by Gasteiger charge is 2.45. The molecule has 2 nitrogen and oxygen atoms in total. The van der Waals surface area contributed by atoms with Gasteiger partial charge >= 0.3 is 5.97 Å². The maximum atomic E-state index is 12.4. The molecule has 17 heavy (non-hydrogen) atoms. The topological polar surface area (TPSA) is 26.3 Å². The highest BCUT2D eigenvalue weighted by molar-refractivity contribution is 5.77. The van der Waals surface area contributed by atoms with Crippen LogP contribution in [-0.2, 0) is 9.53 Å². The summed E-state index contributed by atoms with van der Waals surface area (Å²) >= 11 is 0. The Labute approximate surface area is 106 Å². The second-order valence-electron chi connectivity index (χ2n) is 7.01. The lowest BCUT2D eigenvalue weighted by Crippen LogP contribution is -2.43. The van der Waals surface area contributed by atoms with E-state index >= 15 is 0 Å². The summed E-state index contributed by atoms with van der Waals surface area (Å²) in [6.07, 6.45) is 5.40. The van der Waals surface area contributed by atoms with E-state index in [1.54, 1.807) is 0 Å². The van der Waals surface area contributed by atoms with Crippen molar-refractivity contribution in [2.45, 2.75) is 79.2 Å².